The van der Waals surface area contributed by atoms with Crippen molar-refractivity contribution in [2.75, 3.05) is 13.2 Å². The fourth-order valence-corrected chi connectivity index (χ4v) is 2.83. The van der Waals surface area contributed by atoms with Crippen LogP contribution < -0.4 is 0 Å². The first kappa shape index (κ1) is 11.9. The summed E-state index contributed by atoms with van der Waals surface area (Å²) in [7, 11) is 0. The lowest BCUT2D eigenvalue weighted by Crippen LogP contribution is -2.19. The molecule has 3 heterocycles. The van der Waals surface area contributed by atoms with Gasteiger partial charge in [0.05, 0.1) is 12.5 Å². The fraction of sp³-hybridized carbons (Fsp3) is 0.538. The molecule has 0 bridgehead atoms. The predicted octanol–water partition coefficient (Wildman–Crippen LogP) is 2.77. The molecule has 0 radical (unpaired) electrons. The van der Waals surface area contributed by atoms with Crippen molar-refractivity contribution in [3.63, 3.8) is 0 Å². The van der Waals surface area contributed by atoms with Crippen molar-refractivity contribution in [3.8, 4) is 0 Å². The summed E-state index contributed by atoms with van der Waals surface area (Å²) in [5.74, 6) is 1.82. The highest BCUT2D eigenvalue weighted by atomic mass is 35.5. The molecule has 2 unspecified atom stereocenters. The van der Waals surface area contributed by atoms with Gasteiger partial charge in [0.1, 0.15) is 11.3 Å². The molecule has 0 saturated carbocycles. The van der Waals surface area contributed by atoms with Gasteiger partial charge in [0.15, 0.2) is 5.65 Å². The average Bonchev–Trinajstić information content (AvgIpc) is 3.04. The molecule has 18 heavy (non-hydrogen) atoms. The molecule has 5 heteroatoms. The summed E-state index contributed by atoms with van der Waals surface area (Å²) in [6, 6.07) is 4.20. The van der Waals surface area contributed by atoms with Crippen molar-refractivity contribution in [1.82, 2.24) is 14.5 Å². The maximum Gasteiger partial charge on any atom is 0.160 e. The third-order valence-corrected chi connectivity index (χ3v) is 3.93. The number of ether oxygens (including phenoxy) is 1. The van der Waals surface area contributed by atoms with Crippen LogP contribution in [0.3, 0.4) is 0 Å². The molecule has 0 amide bonds. The number of alkyl halides is 1. The molecule has 2 aromatic rings. The van der Waals surface area contributed by atoms with E-state index in [0.717, 1.165) is 36.6 Å². The summed E-state index contributed by atoms with van der Waals surface area (Å²) in [5, 5.41) is 0. The van der Waals surface area contributed by atoms with E-state index in [1.54, 1.807) is 6.20 Å². The Labute approximate surface area is 111 Å². The maximum atomic E-state index is 6.01. The molecule has 1 aliphatic heterocycles. The van der Waals surface area contributed by atoms with Gasteiger partial charge in [-0.05, 0) is 25.5 Å². The van der Waals surface area contributed by atoms with E-state index < -0.39 is 0 Å². The number of fused-ring (bicyclic) bond motifs is 1. The highest BCUT2D eigenvalue weighted by Crippen LogP contribution is 2.30. The lowest BCUT2D eigenvalue weighted by molar-refractivity contribution is 0.175. The Morgan fingerprint density at radius 1 is 1.61 bits per heavy atom. The first-order valence-electron chi connectivity index (χ1n) is 6.27. The van der Waals surface area contributed by atoms with E-state index in [4.69, 9.17) is 16.3 Å². The summed E-state index contributed by atoms with van der Waals surface area (Å²) in [6.45, 7) is 3.87. The van der Waals surface area contributed by atoms with Crippen LogP contribution in [0.5, 0.6) is 0 Å². The first-order valence-corrected chi connectivity index (χ1v) is 6.80. The number of rotatable bonds is 3. The van der Waals surface area contributed by atoms with Gasteiger partial charge in [0.25, 0.3) is 0 Å². The molecule has 0 N–H and O–H groups in total. The van der Waals surface area contributed by atoms with E-state index in [1.165, 1.54) is 0 Å². The topological polar surface area (TPSA) is 39.9 Å². The molecule has 2 atom stereocenters. The van der Waals surface area contributed by atoms with Crippen molar-refractivity contribution in [2.24, 2.45) is 5.92 Å². The number of imidazole rings is 1. The summed E-state index contributed by atoms with van der Waals surface area (Å²) in [6.07, 6.45) is 2.89. The monoisotopic (exact) mass is 265 g/mol. The van der Waals surface area contributed by atoms with E-state index in [0.29, 0.717) is 17.8 Å². The molecule has 4 nitrogen and oxygen atoms in total. The van der Waals surface area contributed by atoms with E-state index in [1.807, 2.05) is 12.1 Å². The number of aromatic nitrogens is 3. The molecule has 2 aromatic heterocycles. The molecule has 1 fully saturated rings. The normalized spacial score (nSPS) is 21.6. The molecule has 0 aliphatic carbocycles. The van der Waals surface area contributed by atoms with Crippen LogP contribution in [0.25, 0.3) is 11.2 Å². The minimum absolute atomic E-state index is 0.321. The molecule has 0 spiro atoms. The Hall–Kier alpha value is -1.13. The minimum Gasteiger partial charge on any atom is -0.381 e. The highest BCUT2D eigenvalue weighted by molar-refractivity contribution is 6.16. The second-order valence-electron chi connectivity index (χ2n) is 4.74. The number of hydrogen-bond acceptors (Lipinski definition) is 3. The van der Waals surface area contributed by atoms with Gasteiger partial charge in [-0.15, -0.1) is 11.6 Å². The van der Waals surface area contributed by atoms with Crippen LogP contribution in [0.15, 0.2) is 18.3 Å². The van der Waals surface area contributed by atoms with Gasteiger partial charge < -0.3 is 9.30 Å². The van der Waals surface area contributed by atoms with Gasteiger partial charge >= 0.3 is 0 Å². The van der Waals surface area contributed by atoms with Crippen LogP contribution in [0.1, 0.15) is 25.2 Å². The zero-order chi connectivity index (χ0) is 12.5. The van der Waals surface area contributed by atoms with Gasteiger partial charge in [0.2, 0.25) is 0 Å². The van der Waals surface area contributed by atoms with E-state index in [-0.39, 0.29) is 0 Å². The molecule has 3 rings (SSSR count). The van der Waals surface area contributed by atoms with Gasteiger partial charge in [-0.2, -0.15) is 0 Å². The Kier molecular flexibility index (Phi) is 3.22. The lowest BCUT2D eigenvalue weighted by Gasteiger charge is -2.21. The van der Waals surface area contributed by atoms with Crippen molar-refractivity contribution in [1.29, 1.82) is 0 Å². The van der Waals surface area contributed by atoms with Gasteiger partial charge in [0, 0.05) is 24.8 Å². The second-order valence-corrected chi connectivity index (χ2v) is 5.01. The molecular formula is C13H16ClN3O. The third-order valence-electron chi connectivity index (χ3n) is 3.70. The number of hydrogen-bond donors (Lipinski definition) is 0. The van der Waals surface area contributed by atoms with Crippen LogP contribution in [0.2, 0.25) is 0 Å². The molecular weight excluding hydrogens is 250 g/mol. The van der Waals surface area contributed by atoms with Crippen LogP contribution in [0, 0.1) is 5.92 Å². The van der Waals surface area contributed by atoms with Crippen LogP contribution in [-0.4, -0.2) is 27.7 Å². The molecule has 1 aliphatic rings. The molecule has 1 saturated heterocycles. The third kappa shape index (κ3) is 1.89. The van der Waals surface area contributed by atoms with Crippen molar-refractivity contribution >= 4 is 22.8 Å². The van der Waals surface area contributed by atoms with Gasteiger partial charge in [-0.1, -0.05) is 0 Å². The van der Waals surface area contributed by atoms with E-state index in [9.17, 15) is 0 Å². The number of halogens is 1. The lowest BCUT2D eigenvalue weighted by atomic mass is 10.0. The Balaban J connectivity index is 2.08. The first-order chi connectivity index (χ1) is 8.81. The summed E-state index contributed by atoms with van der Waals surface area (Å²) >= 11 is 6.01. The van der Waals surface area contributed by atoms with Crippen LogP contribution in [-0.2, 0) is 10.6 Å². The molecule has 0 aromatic carbocycles. The van der Waals surface area contributed by atoms with Gasteiger partial charge in [-0.3, -0.25) is 0 Å². The van der Waals surface area contributed by atoms with Crippen LogP contribution in [0.4, 0.5) is 0 Å². The zero-order valence-electron chi connectivity index (χ0n) is 10.3. The molecule has 96 valence electrons. The van der Waals surface area contributed by atoms with Crippen molar-refractivity contribution in [2.45, 2.75) is 25.3 Å². The quantitative estimate of drug-likeness (QED) is 0.801. The summed E-state index contributed by atoms with van der Waals surface area (Å²) in [4.78, 5) is 8.99. The SMILES string of the molecule is CC(C1CCOC1)n1c(CCl)nc2cccnc21. The average molecular weight is 266 g/mol. The second kappa shape index (κ2) is 4.86. The number of pyridine rings is 1. The van der Waals surface area contributed by atoms with E-state index in [2.05, 4.69) is 21.5 Å². The van der Waals surface area contributed by atoms with Gasteiger partial charge in [-0.25, -0.2) is 9.97 Å². The largest absolute Gasteiger partial charge is 0.381 e. The van der Waals surface area contributed by atoms with Crippen molar-refractivity contribution < 1.29 is 4.74 Å². The number of nitrogens with zero attached hydrogens (tertiary/aromatic N) is 3. The smallest absolute Gasteiger partial charge is 0.160 e. The van der Waals surface area contributed by atoms with E-state index >= 15 is 0 Å². The summed E-state index contributed by atoms with van der Waals surface area (Å²) < 4.78 is 7.64. The maximum absolute atomic E-state index is 6.01. The Morgan fingerprint density at radius 3 is 3.22 bits per heavy atom. The van der Waals surface area contributed by atoms with Crippen molar-refractivity contribution in [3.05, 3.63) is 24.2 Å². The highest BCUT2D eigenvalue weighted by Gasteiger charge is 2.26. The zero-order valence-corrected chi connectivity index (χ0v) is 11.1. The predicted molar refractivity (Wildman–Crippen MR) is 70.7 cm³/mol. The standard InChI is InChI=1S/C13H16ClN3O/c1-9(10-4-6-18-8-10)17-12(7-14)16-11-3-2-5-15-13(11)17/h2-3,5,9-10H,4,6-8H2,1H3. The minimum atomic E-state index is 0.321. The summed E-state index contributed by atoms with van der Waals surface area (Å²) in [5.41, 5.74) is 1.84. The fourth-order valence-electron chi connectivity index (χ4n) is 2.64. The Bertz CT molecular complexity index is 548. The Morgan fingerprint density at radius 2 is 2.50 bits per heavy atom. The van der Waals surface area contributed by atoms with Crippen LogP contribution >= 0.6 is 11.6 Å².